The van der Waals surface area contributed by atoms with Crippen LogP contribution in [0.5, 0.6) is 0 Å². The molecular weight excluding hydrogens is 264 g/mol. The first kappa shape index (κ1) is 14.6. The predicted octanol–water partition coefficient (Wildman–Crippen LogP) is 2.79. The first-order valence-corrected chi connectivity index (χ1v) is 8.02. The van der Waals surface area contributed by atoms with Crippen molar-refractivity contribution in [3.05, 3.63) is 11.9 Å². The monoisotopic (exact) mass is 290 g/mol. The van der Waals surface area contributed by atoms with Gasteiger partial charge in [-0.25, -0.2) is 9.97 Å². The predicted molar refractivity (Wildman–Crippen MR) is 85.0 cm³/mol. The van der Waals surface area contributed by atoms with E-state index in [1.165, 1.54) is 12.8 Å². The summed E-state index contributed by atoms with van der Waals surface area (Å²) >= 11 is 0. The molecule has 0 amide bonds. The van der Waals surface area contributed by atoms with E-state index in [9.17, 15) is 0 Å². The maximum atomic E-state index is 5.99. The highest BCUT2D eigenvalue weighted by Gasteiger charge is 2.33. The van der Waals surface area contributed by atoms with Gasteiger partial charge in [-0.15, -0.1) is 0 Å². The molecule has 1 saturated carbocycles. The van der Waals surface area contributed by atoms with Gasteiger partial charge in [0.1, 0.15) is 17.5 Å². The Hall–Kier alpha value is -1.36. The molecule has 21 heavy (non-hydrogen) atoms. The average molecular weight is 290 g/mol. The van der Waals surface area contributed by atoms with Crippen molar-refractivity contribution in [1.82, 2.24) is 9.97 Å². The zero-order valence-electron chi connectivity index (χ0n) is 13.5. The van der Waals surface area contributed by atoms with E-state index in [0.29, 0.717) is 5.92 Å². The molecule has 1 saturated heterocycles. The number of nitrogens with one attached hydrogen (secondary N) is 1. The maximum absolute atomic E-state index is 5.99. The van der Waals surface area contributed by atoms with Gasteiger partial charge in [0, 0.05) is 31.6 Å². The number of hydrogen-bond acceptors (Lipinski definition) is 5. The minimum Gasteiger partial charge on any atom is -0.370 e. The Morgan fingerprint density at radius 2 is 2.14 bits per heavy atom. The van der Waals surface area contributed by atoms with Gasteiger partial charge in [0.2, 0.25) is 0 Å². The highest BCUT2D eigenvalue weighted by atomic mass is 16.5. The number of hydrogen-bond donors (Lipinski definition) is 1. The molecule has 1 aliphatic heterocycles. The van der Waals surface area contributed by atoms with E-state index in [1.807, 2.05) is 0 Å². The molecule has 1 aromatic rings. The summed E-state index contributed by atoms with van der Waals surface area (Å²) in [4.78, 5) is 11.8. The topological polar surface area (TPSA) is 50.3 Å². The molecule has 2 heterocycles. The van der Waals surface area contributed by atoms with Crippen LogP contribution in [0.4, 0.5) is 11.6 Å². The van der Waals surface area contributed by atoms with Crippen LogP contribution in [0.3, 0.4) is 0 Å². The lowest BCUT2D eigenvalue weighted by Crippen LogP contribution is -2.52. The van der Waals surface area contributed by atoms with E-state index in [1.54, 1.807) is 0 Å². The van der Waals surface area contributed by atoms with Gasteiger partial charge in [-0.1, -0.05) is 0 Å². The van der Waals surface area contributed by atoms with Crippen LogP contribution in [0.1, 0.15) is 52.3 Å². The maximum Gasteiger partial charge on any atom is 0.136 e. The van der Waals surface area contributed by atoms with Crippen LogP contribution < -0.4 is 10.2 Å². The van der Waals surface area contributed by atoms with E-state index in [0.717, 1.165) is 37.1 Å². The van der Waals surface area contributed by atoms with Crippen molar-refractivity contribution in [3.63, 3.8) is 0 Å². The molecule has 1 N–H and O–H groups in total. The summed E-state index contributed by atoms with van der Waals surface area (Å²) in [5, 5.41) is 3.33. The third-order valence-corrected chi connectivity index (χ3v) is 3.92. The Bertz CT molecular complexity index is 513. The van der Waals surface area contributed by atoms with Crippen molar-refractivity contribution >= 4 is 11.6 Å². The molecule has 0 radical (unpaired) electrons. The largest absolute Gasteiger partial charge is 0.370 e. The fourth-order valence-electron chi connectivity index (χ4n) is 3.04. The molecule has 2 aliphatic rings. The number of nitrogens with zero attached hydrogens (tertiary/aromatic N) is 3. The quantitative estimate of drug-likeness (QED) is 0.924. The average Bonchev–Trinajstić information content (AvgIpc) is 3.20. The highest BCUT2D eigenvalue weighted by molar-refractivity contribution is 5.50. The van der Waals surface area contributed by atoms with Gasteiger partial charge >= 0.3 is 0 Å². The number of anilines is 2. The molecule has 1 atom stereocenters. The van der Waals surface area contributed by atoms with Crippen LogP contribution in [0, 0.1) is 0 Å². The van der Waals surface area contributed by atoms with Gasteiger partial charge in [0.25, 0.3) is 0 Å². The molecule has 0 spiro atoms. The molecule has 1 aromatic heterocycles. The summed E-state index contributed by atoms with van der Waals surface area (Å²) in [6.07, 6.45) is 2.66. The van der Waals surface area contributed by atoms with Crippen LogP contribution in [0.25, 0.3) is 0 Å². The van der Waals surface area contributed by atoms with Crippen LogP contribution in [-0.2, 0) is 4.74 Å². The lowest BCUT2D eigenvalue weighted by Gasteiger charge is -2.42. The number of morpholine rings is 1. The molecule has 2 fully saturated rings. The summed E-state index contributed by atoms with van der Waals surface area (Å²) in [6.45, 7) is 11.1. The Kier molecular flexibility index (Phi) is 3.78. The van der Waals surface area contributed by atoms with Crippen LogP contribution in [0.15, 0.2) is 6.07 Å². The lowest BCUT2D eigenvalue weighted by molar-refractivity contribution is -0.0751. The molecular formula is C16H26N4O. The van der Waals surface area contributed by atoms with Gasteiger partial charge in [-0.3, -0.25) is 0 Å². The fraction of sp³-hybridized carbons (Fsp3) is 0.750. The zero-order valence-corrected chi connectivity index (χ0v) is 13.5. The number of rotatable bonds is 4. The van der Waals surface area contributed by atoms with E-state index in [-0.39, 0.29) is 11.7 Å². The smallest absolute Gasteiger partial charge is 0.136 e. The second-order valence-electron chi connectivity index (χ2n) is 6.84. The summed E-state index contributed by atoms with van der Waals surface area (Å²) in [7, 11) is 0. The van der Waals surface area contributed by atoms with Crippen LogP contribution in [-0.4, -0.2) is 41.3 Å². The summed E-state index contributed by atoms with van der Waals surface area (Å²) in [5.74, 6) is 3.54. The van der Waals surface area contributed by atoms with Crippen molar-refractivity contribution in [2.24, 2.45) is 0 Å². The van der Waals surface area contributed by atoms with Crippen molar-refractivity contribution < 1.29 is 4.74 Å². The first-order valence-electron chi connectivity index (χ1n) is 8.02. The van der Waals surface area contributed by atoms with Crippen molar-refractivity contribution in [3.8, 4) is 0 Å². The summed E-state index contributed by atoms with van der Waals surface area (Å²) < 4.78 is 5.99. The SMILES string of the molecule is CCNc1cc(N2CC(C)OC(C)(C)C2)nc(C2CC2)n1. The van der Waals surface area contributed by atoms with Gasteiger partial charge < -0.3 is 15.0 Å². The number of ether oxygens (including phenoxy) is 1. The van der Waals surface area contributed by atoms with Gasteiger partial charge in [-0.2, -0.15) is 0 Å². The minimum absolute atomic E-state index is 0.138. The molecule has 0 bridgehead atoms. The Morgan fingerprint density at radius 1 is 1.38 bits per heavy atom. The van der Waals surface area contributed by atoms with Crippen LogP contribution in [0.2, 0.25) is 0 Å². The molecule has 116 valence electrons. The van der Waals surface area contributed by atoms with Gasteiger partial charge in [0.05, 0.1) is 11.7 Å². The normalized spacial score (nSPS) is 25.0. The van der Waals surface area contributed by atoms with Crippen LogP contribution >= 0.6 is 0 Å². The summed E-state index contributed by atoms with van der Waals surface area (Å²) in [6, 6.07) is 2.07. The Balaban J connectivity index is 1.89. The van der Waals surface area contributed by atoms with E-state index in [4.69, 9.17) is 9.72 Å². The van der Waals surface area contributed by atoms with Crippen molar-refractivity contribution in [2.75, 3.05) is 29.9 Å². The Morgan fingerprint density at radius 3 is 2.76 bits per heavy atom. The first-order chi connectivity index (χ1) is 9.97. The molecule has 3 rings (SSSR count). The van der Waals surface area contributed by atoms with E-state index in [2.05, 4.69) is 49.0 Å². The van der Waals surface area contributed by atoms with Crippen molar-refractivity contribution in [2.45, 2.75) is 58.2 Å². The van der Waals surface area contributed by atoms with Gasteiger partial charge in [-0.05, 0) is 40.5 Å². The third kappa shape index (κ3) is 3.46. The minimum atomic E-state index is -0.138. The van der Waals surface area contributed by atoms with Crippen molar-refractivity contribution in [1.29, 1.82) is 0 Å². The number of aromatic nitrogens is 2. The second kappa shape index (κ2) is 5.44. The lowest BCUT2D eigenvalue weighted by atomic mass is 10.1. The second-order valence-corrected chi connectivity index (χ2v) is 6.84. The van der Waals surface area contributed by atoms with E-state index < -0.39 is 0 Å². The molecule has 5 heteroatoms. The molecule has 5 nitrogen and oxygen atoms in total. The summed E-state index contributed by atoms with van der Waals surface area (Å²) in [5.41, 5.74) is -0.138. The zero-order chi connectivity index (χ0) is 15.0. The van der Waals surface area contributed by atoms with Gasteiger partial charge in [0.15, 0.2) is 0 Å². The fourth-order valence-corrected chi connectivity index (χ4v) is 3.04. The molecule has 0 aromatic carbocycles. The molecule has 1 unspecified atom stereocenters. The Labute approximate surface area is 127 Å². The standard InChI is InChI=1S/C16H26N4O/c1-5-17-13-8-14(19-15(18-13)12-6-7-12)20-9-11(2)21-16(3,4)10-20/h8,11-12H,5-7,9-10H2,1-4H3,(H,17,18,19). The highest BCUT2D eigenvalue weighted by Crippen LogP contribution is 2.39. The molecule has 1 aliphatic carbocycles. The third-order valence-electron chi connectivity index (χ3n) is 3.92. The van der Waals surface area contributed by atoms with E-state index >= 15 is 0 Å².